The number of hydrogen-bond acceptors (Lipinski definition) is 2. The van der Waals surface area contributed by atoms with Gasteiger partial charge in [0.05, 0.1) is 10.6 Å². The summed E-state index contributed by atoms with van der Waals surface area (Å²) in [6.45, 7) is 1.19. The standard InChI is InChI=1S/C13H16ClFO2/c14-11-4-1-3-10(12(11)15)9-13(16)5-2-7-17-8-6-13/h1,3-4,16H,2,5-9H2. The first-order chi connectivity index (χ1) is 8.11. The van der Waals surface area contributed by atoms with Crippen LogP contribution in [0, 0.1) is 5.82 Å². The molecule has 1 fully saturated rings. The van der Waals surface area contributed by atoms with Gasteiger partial charge in [-0.25, -0.2) is 4.39 Å². The fourth-order valence-corrected chi connectivity index (χ4v) is 2.40. The Bertz CT molecular complexity index is 387. The van der Waals surface area contributed by atoms with E-state index in [1.807, 2.05) is 0 Å². The van der Waals surface area contributed by atoms with E-state index in [0.29, 0.717) is 38.0 Å². The maximum Gasteiger partial charge on any atom is 0.145 e. The molecule has 1 atom stereocenters. The van der Waals surface area contributed by atoms with Crippen LogP contribution < -0.4 is 0 Å². The Morgan fingerprint density at radius 3 is 3.00 bits per heavy atom. The Morgan fingerprint density at radius 2 is 2.18 bits per heavy atom. The Labute approximate surface area is 105 Å². The summed E-state index contributed by atoms with van der Waals surface area (Å²) in [7, 11) is 0. The highest BCUT2D eigenvalue weighted by Gasteiger charge is 2.29. The first-order valence-corrected chi connectivity index (χ1v) is 6.22. The molecule has 1 heterocycles. The molecule has 0 amide bonds. The van der Waals surface area contributed by atoms with Crippen molar-refractivity contribution in [2.45, 2.75) is 31.3 Å². The molecule has 0 aromatic heterocycles. The van der Waals surface area contributed by atoms with E-state index in [0.717, 1.165) is 6.42 Å². The molecule has 1 aliphatic rings. The van der Waals surface area contributed by atoms with E-state index in [4.69, 9.17) is 16.3 Å². The van der Waals surface area contributed by atoms with E-state index < -0.39 is 11.4 Å². The van der Waals surface area contributed by atoms with Gasteiger partial charge in [-0.05, 0) is 30.9 Å². The molecule has 2 nitrogen and oxygen atoms in total. The minimum atomic E-state index is -0.873. The molecule has 1 saturated heterocycles. The molecule has 0 bridgehead atoms. The van der Waals surface area contributed by atoms with Crippen LogP contribution in [0.3, 0.4) is 0 Å². The normalized spacial score (nSPS) is 25.6. The second-order valence-electron chi connectivity index (χ2n) is 4.58. The van der Waals surface area contributed by atoms with Crippen LogP contribution in [-0.2, 0) is 11.2 Å². The van der Waals surface area contributed by atoms with E-state index in [1.54, 1.807) is 12.1 Å². The number of halogens is 2. The summed E-state index contributed by atoms with van der Waals surface area (Å²) < 4.78 is 19.1. The largest absolute Gasteiger partial charge is 0.389 e. The van der Waals surface area contributed by atoms with Gasteiger partial charge in [-0.3, -0.25) is 0 Å². The van der Waals surface area contributed by atoms with Gasteiger partial charge < -0.3 is 9.84 Å². The third-order valence-corrected chi connectivity index (χ3v) is 3.49. The molecule has 1 aliphatic heterocycles. The van der Waals surface area contributed by atoms with Crippen molar-refractivity contribution in [3.8, 4) is 0 Å². The Hall–Kier alpha value is -0.640. The lowest BCUT2D eigenvalue weighted by Crippen LogP contribution is -2.32. The second-order valence-corrected chi connectivity index (χ2v) is 4.99. The predicted molar refractivity (Wildman–Crippen MR) is 64.7 cm³/mol. The fraction of sp³-hybridized carbons (Fsp3) is 0.538. The quantitative estimate of drug-likeness (QED) is 0.884. The van der Waals surface area contributed by atoms with Crippen LogP contribution in [0.15, 0.2) is 18.2 Å². The number of ether oxygens (including phenoxy) is 1. The van der Waals surface area contributed by atoms with Crippen LogP contribution in [0.4, 0.5) is 4.39 Å². The summed E-state index contributed by atoms with van der Waals surface area (Å²) in [5.74, 6) is -0.423. The highest BCUT2D eigenvalue weighted by molar-refractivity contribution is 6.30. The van der Waals surface area contributed by atoms with Crippen LogP contribution in [-0.4, -0.2) is 23.9 Å². The molecule has 1 aromatic rings. The molecule has 0 saturated carbocycles. The maximum atomic E-state index is 13.8. The minimum Gasteiger partial charge on any atom is -0.389 e. The zero-order valence-electron chi connectivity index (χ0n) is 9.59. The Morgan fingerprint density at radius 1 is 1.35 bits per heavy atom. The molecule has 1 unspecified atom stereocenters. The van der Waals surface area contributed by atoms with Crippen LogP contribution in [0.5, 0.6) is 0 Å². The predicted octanol–water partition coefficient (Wildman–Crippen LogP) is 2.95. The van der Waals surface area contributed by atoms with Crippen molar-refractivity contribution in [2.75, 3.05) is 13.2 Å². The summed E-state index contributed by atoms with van der Waals surface area (Å²) in [6.07, 6.45) is 2.28. The van der Waals surface area contributed by atoms with E-state index in [2.05, 4.69) is 0 Å². The molecule has 17 heavy (non-hydrogen) atoms. The van der Waals surface area contributed by atoms with Crippen molar-refractivity contribution >= 4 is 11.6 Å². The molecule has 0 aliphatic carbocycles. The molecule has 2 rings (SSSR count). The summed E-state index contributed by atoms with van der Waals surface area (Å²) in [5.41, 5.74) is -0.399. The molecule has 1 N–H and O–H groups in total. The van der Waals surface area contributed by atoms with Gasteiger partial charge in [0, 0.05) is 19.6 Å². The molecule has 4 heteroatoms. The van der Waals surface area contributed by atoms with E-state index in [-0.39, 0.29) is 5.02 Å². The lowest BCUT2D eigenvalue weighted by molar-refractivity contribution is 0.0182. The van der Waals surface area contributed by atoms with Gasteiger partial charge in [-0.2, -0.15) is 0 Å². The van der Waals surface area contributed by atoms with Gasteiger partial charge in [-0.1, -0.05) is 23.7 Å². The SMILES string of the molecule is OC1(Cc2cccc(Cl)c2F)CCCOCC1. The first-order valence-electron chi connectivity index (χ1n) is 5.84. The summed E-state index contributed by atoms with van der Waals surface area (Å²) in [4.78, 5) is 0. The molecular formula is C13H16ClFO2. The second kappa shape index (κ2) is 5.34. The summed E-state index contributed by atoms with van der Waals surface area (Å²) in [5, 5.41) is 10.5. The number of aliphatic hydroxyl groups is 1. The van der Waals surface area contributed by atoms with Crippen molar-refractivity contribution in [2.24, 2.45) is 0 Å². The lowest BCUT2D eigenvalue weighted by Gasteiger charge is -2.26. The maximum absolute atomic E-state index is 13.8. The van der Waals surface area contributed by atoms with Gasteiger partial charge in [0.15, 0.2) is 0 Å². The summed E-state index contributed by atoms with van der Waals surface area (Å²) in [6, 6.07) is 4.89. The third kappa shape index (κ3) is 3.18. The highest BCUT2D eigenvalue weighted by atomic mass is 35.5. The number of hydrogen-bond donors (Lipinski definition) is 1. The van der Waals surface area contributed by atoms with Crippen molar-refractivity contribution in [1.82, 2.24) is 0 Å². The van der Waals surface area contributed by atoms with Crippen LogP contribution in [0.1, 0.15) is 24.8 Å². The van der Waals surface area contributed by atoms with Crippen molar-refractivity contribution in [3.05, 3.63) is 34.6 Å². The van der Waals surface area contributed by atoms with Gasteiger partial charge >= 0.3 is 0 Å². The zero-order valence-corrected chi connectivity index (χ0v) is 10.3. The van der Waals surface area contributed by atoms with Gasteiger partial charge in [0.2, 0.25) is 0 Å². The highest BCUT2D eigenvalue weighted by Crippen LogP contribution is 2.28. The van der Waals surface area contributed by atoms with Crippen LogP contribution >= 0.6 is 11.6 Å². The Kier molecular flexibility index (Phi) is 4.02. The van der Waals surface area contributed by atoms with E-state index in [9.17, 15) is 9.50 Å². The third-order valence-electron chi connectivity index (χ3n) is 3.19. The molecular weight excluding hydrogens is 243 g/mol. The van der Waals surface area contributed by atoms with Gasteiger partial charge in [0.25, 0.3) is 0 Å². The van der Waals surface area contributed by atoms with E-state index >= 15 is 0 Å². The zero-order chi connectivity index (χ0) is 12.3. The number of benzene rings is 1. The van der Waals surface area contributed by atoms with Crippen molar-refractivity contribution in [3.63, 3.8) is 0 Å². The van der Waals surface area contributed by atoms with Gasteiger partial charge in [-0.15, -0.1) is 0 Å². The first kappa shape index (κ1) is 12.8. The monoisotopic (exact) mass is 258 g/mol. The average Bonchev–Trinajstić information content (AvgIpc) is 2.50. The van der Waals surface area contributed by atoms with Crippen LogP contribution in [0.2, 0.25) is 5.02 Å². The molecule has 0 spiro atoms. The smallest absolute Gasteiger partial charge is 0.145 e. The van der Waals surface area contributed by atoms with Crippen LogP contribution in [0.25, 0.3) is 0 Å². The molecule has 94 valence electrons. The average molecular weight is 259 g/mol. The lowest BCUT2D eigenvalue weighted by atomic mass is 9.87. The molecule has 1 aromatic carbocycles. The van der Waals surface area contributed by atoms with Crippen molar-refractivity contribution in [1.29, 1.82) is 0 Å². The fourth-order valence-electron chi connectivity index (χ4n) is 2.21. The molecule has 0 radical (unpaired) electrons. The Balaban J connectivity index is 2.15. The van der Waals surface area contributed by atoms with E-state index in [1.165, 1.54) is 6.07 Å². The minimum absolute atomic E-state index is 0.107. The van der Waals surface area contributed by atoms with Gasteiger partial charge in [0.1, 0.15) is 5.82 Å². The topological polar surface area (TPSA) is 29.5 Å². The number of rotatable bonds is 2. The summed E-state index contributed by atoms with van der Waals surface area (Å²) >= 11 is 5.73. The van der Waals surface area contributed by atoms with Crippen molar-refractivity contribution < 1.29 is 14.2 Å².